The highest BCUT2D eigenvalue weighted by Gasteiger charge is 2.45. The third-order valence-corrected chi connectivity index (χ3v) is 7.93. The zero-order valence-corrected chi connectivity index (χ0v) is 20.4. The first-order valence-corrected chi connectivity index (χ1v) is 12.8. The first-order chi connectivity index (χ1) is 18.2. The lowest BCUT2D eigenvalue weighted by molar-refractivity contribution is -0.141. The van der Waals surface area contributed by atoms with Gasteiger partial charge >= 0.3 is 12.1 Å². The van der Waals surface area contributed by atoms with E-state index in [1.807, 2.05) is 4.72 Å². The molecule has 202 valence electrons. The zero-order valence-electron chi connectivity index (χ0n) is 19.5. The molecule has 0 saturated heterocycles. The molecule has 0 radical (unpaired) electrons. The number of hydrogen-bond acceptors (Lipinski definition) is 4. The molecule has 1 aliphatic heterocycles. The lowest BCUT2D eigenvalue weighted by Crippen LogP contribution is -2.47. The molecule has 39 heavy (non-hydrogen) atoms. The van der Waals surface area contributed by atoms with E-state index >= 15 is 8.78 Å². The second-order valence-corrected chi connectivity index (χ2v) is 10.5. The molecule has 7 nitrogen and oxygen atoms in total. The zero-order chi connectivity index (χ0) is 28.3. The molecule has 0 amide bonds. The number of alkyl halides is 5. The fourth-order valence-electron chi connectivity index (χ4n) is 4.73. The van der Waals surface area contributed by atoms with Crippen LogP contribution in [0.3, 0.4) is 0 Å². The molecule has 1 aliphatic rings. The van der Waals surface area contributed by atoms with Gasteiger partial charge in [0.2, 0.25) is 0 Å². The van der Waals surface area contributed by atoms with E-state index in [-0.39, 0.29) is 5.39 Å². The quantitative estimate of drug-likeness (QED) is 0.349. The number of carboxylic acids is 1. The van der Waals surface area contributed by atoms with E-state index in [0.29, 0.717) is 28.2 Å². The summed E-state index contributed by atoms with van der Waals surface area (Å²) in [5.74, 6) is -5.76. The van der Waals surface area contributed by atoms with Gasteiger partial charge in [-0.2, -0.15) is 22.0 Å². The molecule has 5 rings (SSSR count). The Bertz CT molecular complexity index is 1810. The second-order valence-electron chi connectivity index (χ2n) is 8.83. The number of hydrogen-bond donors (Lipinski definition) is 2. The van der Waals surface area contributed by atoms with Gasteiger partial charge in [-0.15, -0.1) is 0 Å². The molecule has 0 fully saturated rings. The van der Waals surface area contributed by atoms with Crippen molar-refractivity contribution >= 4 is 26.8 Å². The van der Waals surface area contributed by atoms with Crippen LogP contribution < -0.4 is 10.3 Å². The van der Waals surface area contributed by atoms with Crippen LogP contribution >= 0.6 is 0 Å². The van der Waals surface area contributed by atoms with E-state index in [9.17, 15) is 36.3 Å². The summed E-state index contributed by atoms with van der Waals surface area (Å²) in [6.07, 6.45) is -4.92. The number of sulfonamides is 1. The molecule has 0 aliphatic carbocycles. The molecule has 4 aromatic rings. The summed E-state index contributed by atoms with van der Waals surface area (Å²) < 4.78 is 102. The van der Waals surface area contributed by atoms with Crippen LogP contribution in [-0.4, -0.2) is 30.6 Å². The molecule has 0 spiro atoms. The van der Waals surface area contributed by atoms with E-state index in [4.69, 9.17) is 0 Å². The molecule has 2 heterocycles. The Hall–Kier alpha value is -4.10. The van der Waals surface area contributed by atoms with Crippen LogP contribution in [0.1, 0.15) is 22.7 Å². The lowest BCUT2D eigenvalue weighted by Gasteiger charge is -2.30. The Morgan fingerprint density at radius 3 is 2.28 bits per heavy atom. The van der Waals surface area contributed by atoms with Gasteiger partial charge in [-0.1, -0.05) is 54.6 Å². The first-order valence-electron chi connectivity index (χ1n) is 11.3. The van der Waals surface area contributed by atoms with Gasteiger partial charge in [-0.05, 0) is 28.5 Å². The molecule has 3 aromatic carbocycles. The van der Waals surface area contributed by atoms with Crippen molar-refractivity contribution in [3.63, 3.8) is 0 Å². The van der Waals surface area contributed by atoms with Crippen LogP contribution in [-0.2, 0) is 26.9 Å². The standard InChI is InChI=1S/C26H17F5N2O5S/c27-25(28,18-10-4-6-14-5-1-2-9-17(14)18)19-12-21(34)33-20(24(35)36)13-32-39(37,38)23(33)22(19)15-7-3-8-16(11-15)26(29,30)31/h1-12,20,32H,13H2,(H,35,36). The van der Waals surface area contributed by atoms with Gasteiger partial charge in [0, 0.05) is 29.3 Å². The number of carbonyl (C=O) groups is 1. The Balaban J connectivity index is 1.95. The Morgan fingerprint density at radius 2 is 1.59 bits per heavy atom. The lowest BCUT2D eigenvalue weighted by atomic mass is 9.90. The third-order valence-electron chi connectivity index (χ3n) is 6.47. The summed E-state index contributed by atoms with van der Waals surface area (Å²) in [5.41, 5.74) is -5.97. The number of aromatic nitrogens is 1. The second kappa shape index (κ2) is 8.99. The first kappa shape index (κ1) is 26.5. The van der Waals surface area contributed by atoms with Crippen molar-refractivity contribution < 1.29 is 40.3 Å². The van der Waals surface area contributed by atoms with Crippen molar-refractivity contribution in [2.24, 2.45) is 0 Å². The van der Waals surface area contributed by atoms with E-state index in [1.54, 1.807) is 18.2 Å². The van der Waals surface area contributed by atoms with E-state index in [2.05, 4.69) is 0 Å². The van der Waals surface area contributed by atoms with Crippen LogP contribution in [0.5, 0.6) is 0 Å². The topological polar surface area (TPSA) is 105 Å². The van der Waals surface area contributed by atoms with Gasteiger partial charge in [-0.25, -0.2) is 17.9 Å². The number of aliphatic carboxylic acids is 1. The van der Waals surface area contributed by atoms with E-state index < -0.39 is 79.1 Å². The van der Waals surface area contributed by atoms with Crippen molar-refractivity contribution in [2.75, 3.05) is 6.54 Å². The minimum atomic E-state index is -4.92. The molecule has 0 bridgehead atoms. The maximum Gasteiger partial charge on any atom is 0.416 e. The predicted octanol–water partition coefficient (Wildman–Crippen LogP) is 4.75. The van der Waals surface area contributed by atoms with Crippen molar-refractivity contribution in [2.45, 2.75) is 23.2 Å². The molecular formula is C26H17F5N2O5S. The Kier molecular flexibility index (Phi) is 6.11. The summed E-state index contributed by atoms with van der Waals surface area (Å²) >= 11 is 0. The summed E-state index contributed by atoms with van der Waals surface area (Å²) in [6, 6.07) is 11.5. The summed E-state index contributed by atoms with van der Waals surface area (Å²) in [4.78, 5) is 25.0. The number of benzene rings is 3. The van der Waals surface area contributed by atoms with Crippen LogP contribution in [0, 0.1) is 0 Å². The average molecular weight is 564 g/mol. The molecule has 1 aromatic heterocycles. The van der Waals surface area contributed by atoms with Crippen LogP contribution in [0.15, 0.2) is 82.6 Å². The highest BCUT2D eigenvalue weighted by Crippen LogP contribution is 2.46. The van der Waals surface area contributed by atoms with E-state index in [1.165, 1.54) is 18.2 Å². The van der Waals surface area contributed by atoms with Gasteiger partial charge in [0.1, 0.15) is 6.04 Å². The molecule has 0 saturated carbocycles. The number of halogens is 5. The fraction of sp³-hybridized carbons (Fsp3) is 0.154. The number of fused-ring (bicyclic) bond motifs is 2. The summed E-state index contributed by atoms with van der Waals surface area (Å²) in [7, 11) is -4.83. The van der Waals surface area contributed by atoms with Gasteiger partial charge in [0.15, 0.2) is 5.03 Å². The number of nitrogens with one attached hydrogen (secondary N) is 1. The number of rotatable bonds is 4. The number of pyridine rings is 1. The average Bonchev–Trinajstić information content (AvgIpc) is 2.87. The van der Waals surface area contributed by atoms with Crippen molar-refractivity contribution in [3.05, 3.63) is 99.8 Å². The van der Waals surface area contributed by atoms with Gasteiger partial charge in [0.05, 0.1) is 5.56 Å². The van der Waals surface area contributed by atoms with Gasteiger partial charge in [-0.3, -0.25) is 9.36 Å². The van der Waals surface area contributed by atoms with Crippen molar-refractivity contribution in [1.29, 1.82) is 0 Å². The molecule has 2 N–H and O–H groups in total. The monoisotopic (exact) mass is 564 g/mol. The smallest absolute Gasteiger partial charge is 0.416 e. The van der Waals surface area contributed by atoms with Crippen molar-refractivity contribution in [1.82, 2.24) is 9.29 Å². The third kappa shape index (κ3) is 4.36. The highest BCUT2D eigenvalue weighted by atomic mass is 32.2. The van der Waals surface area contributed by atoms with Gasteiger partial charge in [0.25, 0.3) is 21.5 Å². The molecule has 1 unspecified atom stereocenters. The van der Waals surface area contributed by atoms with Crippen LogP contribution in [0.4, 0.5) is 22.0 Å². The van der Waals surface area contributed by atoms with Crippen LogP contribution in [0.2, 0.25) is 0 Å². The maximum absolute atomic E-state index is 16.5. The highest BCUT2D eigenvalue weighted by molar-refractivity contribution is 7.89. The Morgan fingerprint density at radius 1 is 0.923 bits per heavy atom. The molecular weight excluding hydrogens is 547 g/mol. The molecule has 13 heteroatoms. The molecule has 1 atom stereocenters. The normalized spacial score (nSPS) is 17.1. The Labute approximate surface area is 217 Å². The minimum Gasteiger partial charge on any atom is -0.480 e. The number of nitrogens with zero attached hydrogens (tertiary/aromatic N) is 1. The fourth-order valence-corrected chi connectivity index (χ4v) is 6.21. The van der Waals surface area contributed by atoms with Crippen molar-refractivity contribution in [3.8, 4) is 11.1 Å². The number of carboxylic acid groups (broad SMARTS) is 1. The summed E-state index contributed by atoms with van der Waals surface area (Å²) in [5, 5.41) is 8.91. The van der Waals surface area contributed by atoms with Crippen LogP contribution in [0.25, 0.3) is 21.9 Å². The largest absolute Gasteiger partial charge is 0.480 e. The SMILES string of the molecule is O=C(O)C1CNS(=O)(=O)c2c(-c3cccc(C(F)(F)F)c3)c(C(F)(F)c3cccc4ccccc34)cc(=O)n21. The van der Waals surface area contributed by atoms with E-state index in [0.717, 1.165) is 18.2 Å². The summed E-state index contributed by atoms with van der Waals surface area (Å²) in [6.45, 7) is -0.772. The van der Waals surface area contributed by atoms with Gasteiger partial charge < -0.3 is 5.11 Å². The maximum atomic E-state index is 16.5. The minimum absolute atomic E-state index is 0.0576. The predicted molar refractivity (Wildman–Crippen MR) is 130 cm³/mol.